The SMILES string of the molecule is NCc1ccc(N2CCC2C(N)=O)cn1. The van der Waals surface area contributed by atoms with Crippen LogP contribution < -0.4 is 16.4 Å². The Morgan fingerprint density at radius 2 is 2.40 bits per heavy atom. The first kappa shape index (κ1) is 9.92. The lowest BCUT2D eigenvalue weighted by Gasteiger charge is -2.40. The van der Waals surface area contributed by atoms with E-state index < -0.39 is 0 Å². The van der Waals surface area contributed by atoms with Gasteiger partial charge in [0.1, 0.15) is 6.04 Å². The third-order valence-electron chi connectivity index (χ3n) is 2.70. The molecular formula is C10H14N4O. The Morgan fingerprint density at radius 1 is 1.60 bits per heavy atom. The smallest absolute Gasteiger partial charge is 0.240 e. The number of primary amides is 1. The molecule has 0 aliphatic carbocycles. The molecule has 1 fully saturated rings. The van der Waals surface area contributed by atoms with Crippen LogP contribution in [-0.2, 0) is 11.3 Å². The first-order valence-corrected chi connectivity index (χ1v) is 4.93. The van der Waals surface area contributed by atoms with Crippen LogP contribution in [0.25, 0.3) is 0 Å². The van der Waals surface area contributed by atoms with Gasteiger partial charge in [0.05, 0.1) is 17.6 Å². The van der Waals surface area contributed by atoms with Crippen LogP contribution in [0.4, 0.5) is 5.69 Å². The summed E-state index contributed by atoms with van der Waals surface area (Å²) in [5, 5.41) is 0. The number of amides is 1. The molecule has 1 aliphatic heterocycles. The van der Waals surface area contributed by atoms with Crippen molar-refractivity contribution in [1.82, 2.24) is 4.98 Å². The molecule has 1 aromatic heterocycles. The van der Waals surface area contributed by atoms with Crippen molar-refractivity contribution in [2.45, 2.75) is 19.0 Å². The maximum absolute atomic E-state index is 11.0. The van der Waals surface area contributed by atoms with E-state index in [0.29, 0.717) is 6.54 Å². The minimum atomic E-state index is -0.274. The largest absolute Gasteiger partial charge is 0.368 e. The molecular weight excluding hydrogens is 192 g/mol. The first-order chi connectivity index (χ1) is 7.22. The van der Waals surface area contributed by atoms with Crippen molar-refractivity contribution in [3.8, 4) is 0 Å². The van der Waals surface area contributed by atoms with Crippen LogP contribution in [0, 0.1) is 0 Å². The van der Waals surface area contributed by atoms with Crippen LogP contribution in [0.5, 0.6) is 0 Å². The number of nitrogens with two attached hydrogens (primary N) is 2. The highest BCUT2D eigenvalue weighted by Gasteiger charge is 2.32. The summed E-state index contributed by atoms with van der Waals surface area (Å²) >= 11 is 0. The van der Waals surface area contributed by atoms with Gasteiger partial charge in [0.15, 0.2) is 0 Å². The number of rotatable bonds is 3. The van der Waals surface area contributed by atoms with Crippen molar-refractivity contribution in [3.63, 3.8) is 0 Å². The van der Waals surface area contributed by atoms with E-state index in [1.807, 2.05) is 17.0 Å². The number of carbonyl (C=O) groups excluding carboxylic acids is 1. The Morgan fingerprint density at radius 3 is 2.80 bits per heavy atom. The van der Waals surface area contributed by atoms with E-state index in [-0.39, 0.29) is 11.9 Å². The lowest BCUT2D eigenvalue weighted by Crippen LogP contribution is -2.55. The molecule has 4 N–H and O–H groups in total. The molecule has 2 heterocycles. The normalized spacial score (nSPS) is 19.8. The molecule has 0 aromatic carbocycles. The van der Waals surface area contributed by atoms with Crippen molar-refractivity contribution in [1.29, 1.82) is 0 Å². The highest BCUT2D eigenvalue weighted by Crippen LogP contribution is 2.25. The molecule has 0 bridgehead atoms. The Bertz CT molecular complexity index is 362. The Kier molecular flexibility index (Phi) is 2.55. The van der Waals surface area contributed by atoms with E-state index in [4.69, 9.17) is 11.5 Å². The highest BCUT2D eigenvalue weighted by molar-refractivity contribution is 5.85. The van der Waals surface area contributed by atoms with Crippen molar-refractivity contribution in [3.05, 3.63) is 24.0 Å². The second-order valence-corrected chi connectivity index (χ2v) is 3.61. The summed E-state index contributed by atoms with van der Waals surface area (Å²) < 4.78 is 0. The number of carbonyl (C=O) groups is 1. The van der Waals surface area contributed by atoms with E-state index in [2.05, 4.69) is 4.98 Å². The molecule has 1 unspecified atom stereocenters. The van der Waals surface area contributed by atoms with E-state index in [0.717, 1.165) is 24.3 Å². The Labute approximate surface area is 88.1 Å². The molecule has 1 aromatic rings. The van der Waals surface area contributed by atoms with Crippen LogP contribution in [0.3, 0.4) is 0 Å². The maximum atomic E-state index is 11.0. The molecule has 1 aliphatic rings. The third-order valence-corrected chi connectivity index (χ3v) is 2.70. The van der Waals surface area contributed by atoms with Crippen molar-refractivity contribution in [2.24, 2.45) is 11.5 Å². The molecule has 2 rings (SSSR count). The standard InChI is InChI=1S/C10H14N4O/c11-5-7-1-2-8(6-13-7)14-4-3-9(14)10(12)15/h1-2,6,9H,3-5,11H2,(H2,12,15). The van der Waals surface area contributed by atoms with Gasteiger partial charge in [0.25, 0.3) is 0 Å². The topological polar surface area (TPSA) is 85.2 Å². The van der Waals surface area contributed by atoms with Gasteiger partial charge in [-0.25, -0.2) is 0 Å². The highest BCUT2D eigenvalue weighted by atomic mass is 16.1. The first-order valence-electron chi connectivity index (χ1n) is 4.93. The zero-order valence-electron chi connectivity index (χ0n) is 8.39. The van der Waals surface area contributed by atoms with Crippen LogP contribution in [-0.4, -0.2) is 23.5 Å². The summed E-state index contributed by atoms with van der Waals surface area (Å²) in [7, 11) is 0. The number of hydrogen-bond donors (Lipinski definition) is 2. The molecule has 5 nitrogen and oxygen atoms in total. The quantitative estimate of drug-likeness (QED) is 0.705. The summed E-state index contributed by atoms with van der Waals surface area (Å²) in [6.07, 6.45) is 2.56. The van der Waals surface area contributed by atoms with Gasteiger partial charge < -0.3 is 16.4 Å². The summed E-state index contributed by atoms with van der Waals surface area (Å²) in [4.78, 5) is 17.2. The molecule has 5 heteroatoms. The zero-order chi connectivity index (χ0) is 10.8. The minimum Gasteiger partial charge on any atom is -0.368 e. The summed E-state index contributed by atoms with van der Waals surface area (Å²) in [5.74, 6) is -0.274. The Hall–Kier alpha value is -1.62. The fourth-order valence-corrected chi connectivity index (χ4v) is 1.70. The average Bonchev–Trinajstić information content (AvgIpc) is 2.16. The number of nitrogens with zero attached hydrogens (tertiary/aromatic N) is 2. The van der Waals surface area contributed by atoms with Gasteiger partial charge in [-0.15, -0.1) is 0 Å². The molecule has 15 heavy (non-hydrogen) atoms. The van der Waals surface area contributed by atoms with Crippen molar-refractivity contribution >= 4 is 11.6 Å². The number of anilines is 1. The number of pyridine rings is 1. The number of hydrogen-bond acceptors (Lipinski definition) is 4. The molecule has 1 amide bonds. The van der Waals surface area contributed by atoms with Crippen LogP contribution in [0.15, 0.2) is 18.3 Å². The number of aromatic nitrogens is 1. The maximum Gasteiger partial charge on any atom is 0.240 e. The van der Waals surface area contributed by atoms with Gasteiger partial charge in [-0.05, 0) is 18.6 Å². The van der Waals surface area contributed by atoms with Crippen LogP contribution in [0.1, 0.15) is 12.1 Å². The predicted octanol–water partition coefficient (Wildman–Crippen LogP) is -0.396. The molecule has 80 valence electrons. The fraction of sp³-hybridized carbons (Fsp3) is 0.400. The monoisotopic (exact) mass is 206 g/mol. The van der Waals surface area contributed by atoms with Gasteiger partial charge in [-0.3, -0.25) is 9.78 Å². The van der Waals surface area contributed by atoms with Gasteiger partial charge in [0, 0.05) is 13.1 Å². The van der Waals surface area contributed by atoms with E-state index in [1.165, 1.54) is 0 Å². The van der Waals surface area contributed by atoms with E-state index in [1.54, 1.807) is 6.20 Å². The summed E-state index contributed by atoms with van der Waals surface area (Å²) in [6.45, 7) is 1.29. The van der Waals surface area contributed by atoms with Crippen LogP contribution >= 0.6 is 0 Å². The van der Waals surface area contributed by atoms with Gasteiger partial charge in [-0.1, -0.05) is 0 Å². The molecule has 1 atom stereocenters. The summed E-state index contributed by atoms with van der Waals surface area (Å²) in [5.41, 5.74) is 12.5. The Balaban J connectivity index is 2.13. The van der Waals surface area contributed by atoms with Gasteiger partial charge in [-0.2, -0.15) is 0 Å². The summed E-state index contributed by atoms with van der Waals surface area (Å²) in [6, 6.07) is 3.62. The fourth-order valence-electron chi connectivity index (χ4n) is 1.70. The molecule has 0 saturated carbocycles. The second-order valence-electron chi connectivity index (χ2n) is 3.61. The van der Waals surface area contributed by atoms with Gasteiger partial charge >= 0.3 is 0 Å². The molecule has 1 saturated heterocycles. The molecule has 0 spiro atoms. The lowest BCUT2D eigenvalue weighted by atomic mass is 10.0. The van der Waals surface area contributed by atoms with Crippen LogP contribution in [0.2, 0.25) is 0 Å². The zero-order valence-corrected chi connectivity index (χ0v) is 8.39. The van der Waals surface area contributed by atoms with Crippen molar-refractivity contribution < 1.29 is 4.79 Å². The van der Waals surface area contributed by atoms with E-state index in [9.17, 15) is 4.79 Å². The lowest BCUT2D eigenvalue weighted by molar-refractivity contribution is -0.120. The minimum absolute atomic E-state index is 0.171. The van der Waals surface area contributed by atoms with Crippen molar-refractivity contribution in [2.75, 3.05) is 11.4 Å². The molecule has 0 radical (unpaired) electrons. The predicted molar refractivity (Wildman–Crippen MR) is 57.1 cm³/mol. The van der Waals surface area contributed by atoms with Gasteiger partial charge in [0.2, 0.25) is 5.91 Å². The third kappa shape index (κ3) is 1.78. The van der Waals surface area contributed by atoms with E-state index >= 15 is 0 Å². The average molecular weight is 206 g/mol. The second kappa shape index (κ2) is 3.86.